The van der Waals surface area contributed by atoms with Gasteiger partial charge in [0.2, 0.25) is 5.91 Å². The summed E-state index contributed by atoms with van der Waals surface area (Å²) in [7, 11) is 4.03. The zero-order chi connectivity index (χ0) is 12.5. The number of nitrogens with one attached hydrogen (secondary N) is 2. The van der Waals surface area contributed by atoms with Crippen molar-refractivity contribution in [2.75, 3.05) is 53.5 Å². The molecule has 0 bridgehead atoms. The molecule has 0 atom stereocenters. The molecular formula is C12H25N3O2. The van der Waals surface area contributed by atoms with Gasteiger partial charge in [-0.25, -0.2) is 0 Å². The highest BCUT2D eigenvalue weighted by Crippen LogP contribution is 2.10. The Hall–Kier alpha value is -0.650. The Labute approximate surface area is 104 Å². The summed E-state index contributed by atoms with van der Waals surface area (Å²) in [5.41, 5.74) is 0. The average Bonchev–Trinajstić information content (AvgIpc) is 2.34. The SMILES string of the molecule is CN(C)CCOCCNC(=O)C1CCNCC1. The van der Waals surface area contributed by atoms with Crippen molar-refractivity contribution in [2.24, 2.45) is 5.92 Å². The van der Waals surface area contributed by atoms with E-state index in [2.05, 4.69) is 15.5 Å². The number of amides is 1. The Morgan fingerprint density at radius 3 is 2.71 bits per heavy atom. The van der Waals surface area contributed by atoms with E-state index in [4.69, 9.17) is 4.74 Å². The largest absolute Gasteiger partial charge is 0.378 e. The molecule has 1 rings (SSSR count). The molecule has 100 valence electrons. The first kappa shape index (κ1) is 14.4. The van der Waals surface area contributed by atoms with Crippen LogP contribution in [0.4, 0.5) is 0 Å². The molecule has 1 saturated heterocycles. The molecular weight excluding hydrogens is 218 g/mol. The minimum atomic E-state index is 0.183. The first-order chi connectivity index (χ1) is 8.20. The summed E-state index contributed by atoms with van der Waals surface area (Å²) >= 11 is 0. The molecule has 0 aliphatic carbocycles. The van der Waals surface area contributed by atoms with Gasteiger partial charge in [0.1, 0.15) is 0 Å². The lowest BCUT2D eigenvalue weighted by molar-refractivity contribution is -0.126. The molecule has 1 aliphatic heterocycles. The van der Waals surface area contributed by atoms with E-state index in [0.717, 1.165) is 39.1 Å². The van der Waals surface area contributed by atoms with Crippen molar-refractivity contribution in [3.63, 3.8) is 0 Å². The van der Waals surface area contributed by atoms with Gasteiger partial charge in [0.05, 0.1) is 13.2 Å². The fourth-order valence-corrected chi connectivity index (χ4v) is 1.82. The number of carbonyl (C=O) groups excluding carboxylic acids is 1. The first-order valence-electron chi connectivity index (χ1n) is 6.41. The lowest BCUT2D eigenvalue weighted by Gasteiger charge is -2.21. The van der Waals surface area contributed by atoms with Crippen LogP contribution in [0.25, 0.3) is 0 Å². The number of ether oxygens (including phenoxy) is 1. The summed E-state index contributed by atoms with van der Waals surface area (Å²) < 4.78 is 5.41. The van der Waals surface area contributed by atoms with Gasteiger partial charge < -0.3 is 20.3 Å². The third-order valence-electron chi connectivity index (χ3n) is 2.94. The predicted octanol–water partition coefficient (Wildman–Crippen LogP) is -0.320. The van der Waals surface area contributed by atoms with Gasteiger partial charge >= 0.3 is 0 Å². The van der Waals surface area contributed by atoms with Crippen molar-refractivity contribution < 1.29 is 9.53 Å². The molecule has 5 nitrogen and oxygen atoms in total. The molecule has 0 aromatic rings. The smallest absolute Gasteiger partial charge is 0.223 e. The lowest BCUT2D eigenvalue weighted by atomic mass is 9.97. The Morgan fingerprint density at radius 2 is 2.06 bits per heavy atom. The van der Waals surface area contributed by atoms with Crippen LogP contribution < -0.4 is 10.6 Å². The Bertz CT molecular complexity index is 216. The average molecular weight is 243 g/mol. The van der Waals surface area contributed by atoms with Gasteiger partial charge in [0.25, 0.3) is 0 Å². The van der Waals surface area contributed by atoms with E-state index in [1.807, 2.05) is 14.1 Å². The van der Waals surface area contributed by atoms with Gasteiger partial charge in [-0.1, -0.05) is 0 Å². The third-order valence-corrected chi connectivity index (χ3v) is 2.94. The number of hydrogen-bond donors (Lipinski definition) is 2. The second-order valence-corrected chi connectivity index (χ2v) is 4.73. The fraction of sp³-hybridized carbons (Fsp3) is 0.917. The van der Waals surface area contributed by atoms with Crippen molar-refractivity contribution in [2.45, 2.75) is 12.8 Å². The normalized spacial score (nSPS) is 17.4. The van der Waals surface area contributed by atoms with E-state index in [1.165, 1.54) is 0 Å². The molecule has 0 unspecified atom stereocenters. The van der Waals surface area contributed by atoms with Gasteiger partial charge in [-0.15, -0.1) is 0 Å². The van der Waals surface area contributed by atoms with E-state index in [-0.39, 0.29) is 11.8 Å². The van der Waals surface area contributed by atoms with Crippen molar-refractivity contribution in [1.82, 2.24) is 15.5 Å². The molecule has 0 saturated carbocycles. The van der Waals surface area contributed by atoms with Crippen LogP contribution >= 0.6 is 0 Å². The van der Waals surface area contributed by atoms with E-state index in [0.29, 0.717) is 13.2 Å². The summed E-state index contributed by atoms with van der Waals surface area (Å²) in [6, 6.07) is 0. The molecule has 1 aliphatic rings. The predicted molar refractivity (Wildman–Crippen MR) is 68.0 cm³/mol. The molecule has 0 aromatic carbocycles. The number of nitrogens with zero attached hydrogens (tertiary/aromatic N) is 1. The summed E-state index contributed by atoms with van der Waals surface area (Å²) in [6.45, 7) is 4.77. The van der Waals surface area contributed by atoms with Crippen LogP contribution in [0.1, 0.15) is 12.8 Å². The molecule has 1 amide bonds. The summed E-state index contributed by atoms with van der Waals surface area (Å²) in [4.78, 5) is 13.8. The Kier molecular flexibility index (Phi) is 7.16. The monoisotopic (exact) mass is 243 g/mol. The highest BCUT2D eigenvalue weighted by atomic mass is 16.5. The number of hydrogen-bond acceptors (Lipinski definition) is 4. The van der Waals surface area contributed by atoms with Crippen LogP contribution in [0.5, 0.6) is 0 Å². The second-order valence-electron chi connectivity index (χ2n) is 4.73. The minimum absolute atomic E-state index is 0.183. The van der Waals surface area contributed by atoms with Gasteiger partial charge in [0.15, 0.2) is 0 Å². The molecule has 5 heteroatoms. The Balaban J connectivity index is 1.96. The van der Waals surface area contributed by atoms with E-state index < -0.39 is 0 Å². The topological polar surface area (TPSA) is 53.6 Å². The van der Waals surface area contributed by atoms with E-state index >= 15 is 0 Å². The zero-order valence-electron chi connectivity index (χ0n) is 11.0. The quantitative estimate of drug-likeness (QED) is 0.602. The Morgan fingerprint density at radius 1 is 1.35 bits per heavy atom. The number of rotatable bonds is 7. The van der Waals surface area contributed by atoms with Gasteiger partial charge in [-0.05, 0) is 40.0 Å². The van der Waals surface area contributed by atoms with E-state index in [1.54, 1.807) is 0 Å². The number of likely N-dealkylation sites (N-methyl/N-ethyl adjacent to an activating group) is 1. The molecule has 0 aromatic heterocycles. The highest BCUT2D eigenvalue weighted by Gasteiger charge is 2.19. The number of piperidine rings is 1. The molecule has 1 heterocycles. The summed E-state index contributed by atoms with van der Waals surface area (Å²) in [6.07, 6.45) is 1.90. The first-order valence-corrected chi connectivity index (χ1v) is 6.41. The van der Waals surface area contributed by atoms with Gasteiger partial charge in [0, 0.05) is 19.0 Å². The zero-order valence-corrected chi connectivity index (χ0v) is 11.0. The maximum atomic E-state index is 11.7. The third kappa shape index (κ3) is 6.61. The number of carbonyl (C=O) groups is 1. The summed E-state index contributed by atoms with van der Waals surface area (Å²) in [5.74, 6) is 0.376. The minimum Gasteiger partial charge on any atom is -0.378 e. The maximum absolute atomic E-state index is 11.7. The highest BCUT2D eigenvalue weighted by molar-refractivity contribution is 5.78. The second kappa shape index (κ2) is 8.44. The van der Waals surface area contributed by atoms with E-state index in [9.17, 15) is 4.79 Å². The molecule has 0 spiro atoms. The van der Waals surface area contributed by atoms with Crippen LogP contribution in [-0.4, -0.2) is 64.3 Å². The van der Waals surface area contributed by atoms with Crippen LogP contribution in [0, 0.1) is 5.92 Å². The van der Waals surface area contributed by atoms with Crippen LogP contribution in [0.15, 0.2) is 0 Å². The standard InChI is InChI=1S/C12H25N3O2/c1-15(2)8-10-17-9-7-14-12(16)11-3-5-13-6-4-11/h11,13H,3-10H2,1-2H3,(H,14,16). The fourth-order valence-electron chi connectivity index (χ4n) is 1.82. The summed E-state index contributed by atoms with van der Waals surface area (Å²) in [5, 5.41) is 6.19. The van der Waals surface area contributed by atoms with Crippen molar-refractivity contribution in [3.8, 4) is 0 Å². The van der Waals surface area contributed by atoms with Crippen molar-refractivity contribution in [3.05, 3.63) is 0 Å². The van der Waals surface area contributed by atoms with Crippen molar-refractivity contribution >= 4 is 5.91 Å². The van der Waals surface area contributed by atoms with Crippen LogP contribution in [0.3, 0.4) is 0 Å². The molecule has 17 heavy (non-hydrogen) atoms. The maximum Gasteiger partial charge on any atom is 0.223 e. The van der Waals surface area contributed by atoms with Crippen LogP contribution in [-0.2, 0) is 9.53 Å². The van der Waals surface area contributed by atoms with Gasteiger partial charge in [-0.3, -0.25) is 4.79 Å². The molecule has 2 N–H and O–H groups in total. The van der Waals surface area contributed by atoms with Crippen molar-refractivity contribution in [1.29, 1.82) is 0 Å². The molecule has 1 fully saturated rings. The molecule has 0 radical (unpaired) electrons. The lowest BCUT2D eigenvalue weighted by Crippen LogP contribution is -2.39. The van der Waals surface area contributed by atoms with Crippen LogP contribution in [0.2, 0.25) is 0 Å². The van der Waals surface area contributed by atoms with Gasteiger partial charge in [-0.2, -0.15) is 0 Å².